The molecule has 1 unspecified atom stereocenters. The Labute approximate surface area is 151 Å². The third kappa shape index (κ3) is 6.58. The number of benzene rings is 2. The first-order valence-electron chi connectivity index (χ1n) is 8.00. The third-order valence-corrected chi connectivity index (χ3v) is 4.59. The van der Waals surface area contributed by atoms with Crippen LogP contribution in [0.2, 0.25) is 0 Å². The average Bonchev–Trinajstić information content (AvgIpc) is 2.58. The zero-order valence-electron chi connectivity index (χ0n) is 14.2. The van der Waals surface area contributed by atoms with Crippen molar-refractivity contribution in [1.29, 1.82) is 0 Å². The fraction of sp³-hybridized carbons (Fsp3) is 0.263. The van der Waals surface area contributed by atoms with Crippen LogP contribution in [-0.4, -0.2) is 23.6 Å². The van der Waals surface area contributed by atoms with Gasteiger partial charge in [0.15, 0.2) is 0 Å². The molecular formula is C19H21FN2O2S. The van der Waals surface area contributed by atoms with Crippen molar-refractivity contribution in [3.63, 3.8) is 0 Å². The second-order valence-electron chi connectivity index (χ2n) is 5.63. The van der Waals surface area contributed by atoms with Crippen molar-refractivity contribution in [2.75, 3.05) is 11.9 Å². The van der Waals surface area contributed by atoms with Crippen molar-refractivity contribution in [2.24, 2.45) is 0 Å². The summed E-state index contributed by atoms with van der Waals surface area (Å²) in [6.45, 7) is 3.82. The number of halogens is 1. The molecule has 0 heterocycles. The SMILES string of the molecule is CC(=O)Nc1ccc(SC(C)C(=O)NCCc2ccc(F)cc2)cc1. The smallest absolute Gasteiger partial charge is 0.233 e. The van der Waals surface area contributed by atoms with Crippen LogP contribution in [0.4, 0.5) is 10.1 Å². The van der Waals surface area contributed by atoms with Crippen LogP contribution in [0.15, 0.2) is 53.4 Å². The van der Waals surface area contributed by atoms with E-state index in [9.17, 15) is 14.0 Å². The highest BCUT2D eigenvalue weighted by molar-refractivity contribution is 8.00. The summed E-state index contributed by atoms with van der Waals surface area (Å²) in [6.07, 6.45) is 0.662. The van der Waals surface area contributed by atoms with Crippen molar-refractivity contribution in [3.05, 3.63) is 59.9 Å². The summed E-state index contributed by atoms with van der Waals surface area (Å²) >= 11 is 1.45. The van der Waals surface area contributed by atoms with Crippen molar-refractivity contribution in [3.8, 4) is 0 Å². The summed E-state index contributed by atoms with van der Waals surface area (Å²) < 4.78 is 12.8. The van der Waals surface area contributed by atoms with E-state index in [4.69, 9.17) is 0 Å². The van der Waals surface area contributed by atoms with E-state index >= 15 is 0 Å². The molecule has 6 heteroatoms. The standard InChI is InChI=1S/C19H21FN2O2S/c1-13(25-18-9-7-17(8-10-18)22-14(2)23)19(24)21-12-11-15-3-5-16(20)6-4-15/h3-10,13H,11-12H2,1-2H3,(H,21,24)(H,22,23). The lowest BCUT2D eigenvalue weighted by Crippen LogP contribution is -2.32. The molecule has 25 heavy (non-hydrogen) atoms. The molecule has 0 bridgehead atoms. The van der Waals surface area contributed by atoms with E-state index in [0.29, 0.717) is 13.0 Å². The van der Waals surface area contributed by atoms with E-state index in [1.807, 2.05) is 31.2 Å². The molecule has 0 spiro atoms. The van der Waals surface area contributed by atoms with E-state index in [1.165, 1.54) is 30.8 Å². The Balaban J connectivity index is 1.77. The highest BCUT2D eigenvalue weighted by Gasteiger charge is 2.13. The molecule has 0 aliphatic heterocycles. The Morgan fingerprint density at radius 2 is 1.72 bits per heavy atom. The van der Waals surface area contributed by atoms with Gasteiger partial charge in [-0.1, -0.05) is 12.1 Å². The van der Waals surface area contributed by atoms with E-state index in [0.717, 1.165) is 16.1 Å². The van der Waals surface area contributed by atoms with Gasteiger partial charge in [0.1, 0.15) is 5.82 Å². The molecule has 0 saturated carbocycles. The summed E-state index contributed by atoms with van der Waals surface area (Å²) in [6, 6.07) is 13.6. The Bertz CT molecular complexity index is 717. The molecule has 0 fully saturated rings. The van der Waals surface area contributed by atoms with Crippen molar-refractivity contribution in [1.82, 2.24) is 5.32 Å². The predicted octanol–water partition coefficient (Wildman–Crippen LogP) is 3.62. The second-order valence-corrected chi connectivity index (χ2v) is 7.05. The zero-order valence-corrected chi connectivity index (χ0v) is 15.0. The predicted molar refractivity (Wildman–Crippen MR) is 99.2 cm³/mol. The molecule has 0 saturated heterocycles. The summed E-state index contributed by atoms with van der Waals surface area (Å²) in [5.41, 5.74) is 1.71. The Morgan fingerprint density at radius 1 is 1.08 bits per heavy atom. The molecule has 132 valence electrons. The molecular weight excluding hydrogens is 339 g/mol. The minimum Gasteiger partial charge on any atom is -0.355 e. The molecule has 2 rings (SSSR count). The second kappa shape index (κ2) is 9.22. The van der Waals surface area contributed by atoms with Gasteiger partial charge in [0.2, 0.25) is 11.8 Å². The zero-order chi connectivity index (χ0) is 18.2. The quantitative estimate of drug-likeness (QED) is 0.742. The summed E-state index contributed by atoms with van der Waals surface area (Å²) in [5, 5.41) is 5.36. The highest BCUT2D eigenvalue weighted by Crippen LogP contribution is 2.24. The number of anilines is 1. The Hall–Kier alpha value is -2.34. The van der Waals surface area contributed by atoms with Crippen molar-refractivity contribution >= 4 is 29.3 Å². The van der Waals surface area contributed by atoms with Crippen LogP contribution in [0.25, 0.3) is 0 Å². The largest absolute Gasteiger partial charge is 0.355 e. The number of hydrogen-bond acceptors (Lipinski definition) is 3. The molecule has 2 aromatic carbocycles. The minimum atomic E-state index is -0.262. The number of nitrogens with one attached hydrogen (secondary N) is 2. The fourth-order valence-corrected chi connectivity index (χ4v) is 3.09. The van der Waals surface area contributed by atoms with Gasteiger partial charge in [0.05, 0.1) is 5.25 Å². The van der Waals surface area contributed by atoms with E-state index in [1.54, 1.807) is 12.1 Å². The van der Waals surface area contributed by atoms with Gasteiger partial charge in [-0.25, -0.2) is 4.39 Å². The van der Waals surface area contributed by atoms with Crippen LogP contribution in [0.5, 0.6) is 0 Å². The fourth-order valence-electron chi connectivity index (χ4n) is 2.20. The van der Waals surface area contributed by atoms with Crippen molar-refractivity contribution in [2.45, 2.75) is 30.4 Å². The van der Waals surface area contributed by atoms with Gasteiger partial charge >= 0.3 is 0 Å². The highest BCUT2D eigenvalue weighted by atomic mass is 32.2. The van der Waals surface area contributed by atoms with Crippen LogP contribution in [-0.2, 0) is 16.0 Å². The maximum Gasteiger partial charge on any atom is 0.233 e. The molecule has 1 atom stereocenters. The number of hydrogen-bond donors (Lipinski definition) is 2. The van der Waals surface area contributed by atoms with Crippen LogP contribution >= 0.6 is 11.8 Å². The monoisotopic (exact) mass is 360 g/mol. The molecule has 2 N–H and O–H groups in total. The number of carbonyl (C=O) groups is 2. The van der Waals surface area contributed by atoms with Crippen LogP contribution < -0.4 is 10.6 Å². The van der Waals surface area contributed by atoms with Crippen molar-refractivity contribution < 1.29 is 14.0 Å². The third-order valence-electron chi connectivity index (χ3n) is 3.48. The van der Waals surface area contributed by atoms with Crippen LogP contribution in [0.3, 0.4) is 0 Å². The maximum atomic E-state index is 12.8. The van der Waals surface area contributed by atoms with Gasteiger partial charge < -0.3 is 10.6 Å². The topological polar surface area (TPSA) is 58.2 Å². The number of thioether (sulfide) groups is 1. The van der Waals surface area contributed by atoms with E-state index in [2.05, 4.69) is 10.6 Å². The van der Waals surface area contributed by atoms with Crippen LogP contribution in [0.1, 0.15) is 19.4 Å². The minimum absolute atomic E-state index is 0.0435. The Morgan fingerprint density at radius 3 is 2.32 bits per heavy atom. The van der Waals surface area contributed by atoms with Gasteiger partial charge in [0, 0.05) is 24.1 Å². The molecule has 0 radical (unpaired) electrons. The van der Waals surface area contributed by atoms with Gasteiger partial charge in [-0.05, 0) is 55.3 Å². The first kappa shape index (κ1) is 19.0. The summed E-state index contributed by atoms with van der Waals surface area (Å²) in [5.74, 6) is -0.422. The lowest BCUT2D eigenvalue weighted by atomic mass is 10.1. The molecule has 4 nitrogen and oxygen atoms in total. The van der Waals surface area contributed by atoms with Crippen LogP contribution in [0, 0.1) is 5.82 Å². The van der Waals surface area contributed by atoms with Gasteiger partial charge in [-0.15, -0.1) is 11.8 Å². The lowest BCUT2D eigenvalue weighted by molar-refractivity contribution is -0.120. The number of carbonyl (C=O) groups excluding carboxylic acids is 2. The lowest BCUT2D eigenvalue weighted by Gasteiger charge is -2.12. The van der Waals surface area contributed by atoms with E-state index < -0.39 is 0 Å². The number of amides is 2. The maximum absolute atomic E-state index is 12.8. The molecule has 2 aromatic rings. The molecule has 2 amide bonds. The molecule has 0 aromatic heterocycles. The average molecular weight is 360 g/mol. The molecule has 0 aliphatic rings. The normalized spacial score (nSPS) is 11.6. The molecule has 0 aliphatic carbocycles. The summed E-state index contributed by atoms with van der Waals surface area (Å²) in [7, 11) is 0. The van der Waals surface area contributed by atoms with E-state index in [-0.39, 0.29) is 22.9 Å². The van der Waals surface area contributed by atoms with Gasteiger partial charge in [-0.3, -0.25) is 9.59 Å². The first-order valence-corrected chi connectivity index (χ1v) is 8.88. The number of rotatable bonds is 7. The van der Waals surface area contributed by atoms with Gasteiger partial charge in [-0.2, -0.15) is 0 Å². The van der Waals surface area contributed by atoms with Gasteiger partial charge in [0.25, 0.3) is 0 Å². The first-order chi connectivity index (χ1) is 11.9. The summed E-state index contributed by atoms with van der Waals surface area (Å²) in [4.78, 5) is 24.1. The Kier molecular flexibility index (Phi) is 7.01.